The number of hydrogen-bond acceptors (Lipinski definition) is 1. The van der Waals surface area contributed by atoms with Crippen LogP contribution in [-0.2, 0) is 6.04 Å². The van der Waals surface area contributed by atoms with Gasteiger partial charge in [-0.3, -0.25) is 0 Å². The zero-order valence-electron chi connectivity index (χ0n) is 9.65. The molecule has 2 unspecified atom stereocenters. The summed E-state index contributed by atoms with van der Waals surface area (Å²) in [6.07, 6.45) is 1.28. The van der Waals surface area contributed by atoms with Crippen molar-refractivity contribution in [2.75, 3.05) is 0 Å². The summed E-state index contributed by atoms with van der Waals surface area (Å²) in [4.78, 5) is 0. The minimum Gasteiger partial charge on any atom is -0.331 e. The van der Waals surface area contributed by atoms with E-state index in [0.717, 1.165) is 0 Å². The van der Waals surface area contributed by atoms with Crippen LogP contribution in [0.4, 0.5) is 0 Å². The molecule has 0 aliphatic carbocycles. The lowest BCUT2D eigenvalue weighted by atomic mass is 10.2. The summed E-state index contributed by atoms with van der Waals surface area (Å²) < 4.78 is 0. The minimum absolute atomic E-state index is 0. The number of benzene rings is 1. The Kier molecular flexibility index (Phi) is 7.75. The molecule has 0 spiro atoms. The third kappa shape index (κ3) is 5.35. The summed E-state index contributed by atoms with van der Waals surface area (Å²) in [6.45, 7) is 4.43. The topological polar surface area (TPSA) is 26.0 Å². The first-order chi connectivity index (χ1) is 6.74. The standard InChI is InChI=1S/C12H21NSi.ClH/c1-3-9-14(11(2)13)10-12-7-5-4-6-8-12;/h4-8,11,14H,3,9-10,13H2,1-2H3;1H. The molecule has 2 N–H and O–H groups in total. The largest absolute Gasteiger partial charge is 0.331 e. The number of nitrogens with two attached hydrogens (primary N) is 1. The van der Waals surface area contributed by atoms with Crippen molar-refractivity contribution in [1.29, 1.82) is 0 Å². The predicted octanol–water partition coefficient (Wildman–Crippen LogP) is 2.71. The van der Waals surface area contributed by atoms with Crippen molar-refractivity contribution in [1.82, 2.24) is 0 Å². The summed E-state index contributed by atoms with van der Waals surface area (Å²) >= 11 is 0. The fourth-order valence-electron chi connectivity index (χ4n) is 1.84. The van der Waals surface area contributed by atoms with Crippen molar-refractivity contribution in [2.45, 2.75) is 38.0 Å². The fraction of sp³-hybridized carbons (Fsp3) is 0.500. The molecule has 1 aromatic rings. The lowest BCUT2D eigenvalue weighted by Gasteiger charge is -2.18. The van der Waals surface area contributed by atoms with Crippen LogP contribution in [-0.4, -0.2) is 14.5 Å². The Morgan fingerprint density at radius 2 is 1.87 bits per heavy atom. The van der Waals surface area contributed by atoms with Gasteiger partial charge in [-0.25, -0.2) is 0 Å². The molecular formula is C12H22ClNSi. The van der Waals surface area contributed by atoms with E-state index in [9.17, 15) is 0 Å². The molecule has 0 saturated heterocycles. The van der Waals surface area contributed by atoms with Crippen molar-refractivity contribution in [3.8, 4) is 0 Å². The zero-order valence-corrected chi connectivity index (χ0v) is 11.6. The van der Waals surface area contributed by atoms with E-state index < -0.39 is 8.80 Å². The first kappa shape index (κ1) is 14.7. The van der Waals surface area contributed by atoms with E-state index in [1.165, 1.54) is 24.1 Å². The maximum atomic E-state index is 6.03. The quantitative estimate of drug-likeness (QED) is 0.791. The normalized spacial score (nSPS) is 14.1. The molecule has 0 heterocycles. The van der Waals surface area contributed by atoms with Gasteiger partial charge in [-0.1, -0.05) is 62.2 Å². The van der Waals surface area contributed by atoms with E-state index in [2.05, 4.69) is 44.2 Å². The fourth-order valence-corrected chi connectivity index (χ4v) is 4.56. The van der Waals surface area contributed by atoms with Crippen LogP contribution in [0.25, 0.3) is 0 Å². The van der Waals surface area contributed by atoms with Crippen molar-refractivity contribution < 1.29 is 0 Å². The smallest absolute Gasteiger partial charge is 0.0602 e. The van der Waals surface area contributed by atoms with Crippen LogP contribution in [0.3, 0.4) is 0 Å². The minimum atomic E-state index is -0.756. The lowest BCUT2D eigenvalue weighted by molar-refractivity contribution is 0.932. The van der Waals surface area contributed by atoms with Gasteiger partial charge in [0.2, 0.25) is 0 Å². The van der Waals surface area contributed by atoms with Gasteiger partial charge in [0.15, 0.2) is 0 Å². The van der Waals surface area contributed by atoms with Gasteiger partial charge in [-0.15, -0.1) is 12.4 Å². The Bertz CT molecular complexity index is 251. The van der Waals surface area contributed by atoms with Crippen LogP contribution in [0.5, 0.6) is 0 Å². The average Bonchev–Trinajstić information content (AvgIpc) is 2.18. The van der Waals surface area contributed by atoms with Crippen molar-refractivity contribution >= 4 is 21.2 Å². The maximum absolute atomic E-state index is 6.03. The van der Waals surface area contributed by atoms with Gasteiger partial charge in [-0.2, -0.15) is 0 Å². The van der Waals surface area contributed by atoms with Crippen molar-refractivity contribution in [2.24, 2.45) is 5.73 Å². The van der Waals surface area contributed by atoms with Gasteiger partial charge >= 0.3 is 0 Å². The molecule has 0 radical (unpaired) electrons. The lowest BCUT2D eigenvalue weighted by Crippen LogP contribution is -2.37. The first-order valence-electron chi connectivity index (χ1n) is 5.53. The third-order valence-corrected chi connectivity index (χ3v) is 6.55. The monoisotopic (exact) mass is 243 g/mol. The Morgan fingerprint density at radius 1 is 1.27 bits per heavy atom. The highest BCUT2D eigenvalue weighted by molar-refractivity contribution is 6.59. The Morgan fingerprint density at radius 3 is 2.33 bits per heavy atom. The molecule has 0 aliphatic rings. The van der Waals surface area contributed by atoms with Crippen LogP contribution >= 0.6 is 12.4 Å². The SMILES string of the molecule is CCC[SiH](Cc1ccccc1)C(C)N.Cl. The first-order valence-corrected chi connectivity index (χ1v) is 7.83. The zero-order chi connectivity index (χ0) is 10.4. The van der Waals surface area contributed by atoms with Crippen LogP contribution in [0.2, 0.25) is 6.04 Å². The van der Waals surface area contributed by atoms with E-state index >= 15 is 0 Å². The molecule has 2 atom stereocenters. The molecule has 1 rings (SSSR count). The summed E-state index contributed by atoms with van der Waals surface area (Å²) in [5.41, 5.74) is 7.94. The Labute approximate surface area is 101 Å². The molecule has 0 bridgehead atoms. The molecule has 3 heteroatoms. The number of halogens is 1. The highest BCUT2D eigenvalue weighted by Crippen LogP contribution is 2.09. The summed E-state index contributed by atoms with van der Waals surface area (Å²) in [7, 11) is -0.756. The summed E-state index contributed by atoms with van der Waals surface area (Å²) in [5, 5.41) is 0. The van der Waals surface area contributed by atoms with Gasteiger partial charge in [-0.05, 0) is 11.7 Å². The van der Waals surface area contributed by atoms with E-state index in [-0.39, 0.29) is 12.4 Å². The number of hydrogen-bond donors (Lipinski definition) is 1. The van der Waals surface area contributed by atoms with E-state index in [1.807, 2.05) is 0 Å². The van der Waals surface area contributed by atoms with Crippen molar-refractivity contribution in [3.05, 3.63) is 35.9 Å². The second-order valence-corrected chi connectivity index (χ2v) is 7.65. The summed E-state index contributed by atoms with van der Waals surface area (Å²) in [5.74, 6) is 0. The highest BCUT2D eigenvalue weighted by Gasteiger charge is 2.14. The van der Waals surface area contributed by atoms with Gasteiger partial charge in [0.05, 0.1) is 8.80 Å². The highest BCUT2D eigenvalue weighted by atomic mass is 35.5. The van der Waals surface area contributed by atoms with Gasteiger partial charge in [0.1, 0.15) is 0 Å². The second kappa shape index (κ2) is 7.91. The van der Waals surface area contributed by atoms with Crippen LogP contribution in [0.1, 0.15) is 25.8 Å². The Balaban J connectivity index is 0.00000196. The summed E-state index contributed by atoms with van der Waals surface area (Å²) in [6, 6.07) is 13.4. The van der Waals surface area contributed by atoms with Gasteiger partial charge in [0, 0.05) is 0 Å². The maximum Gasteiger partial charge on any atom is 0.0602 e. The Hall–Kier alpha value is -0.313. The van der Waals surface area contributed by atoms with Gasteiger partial charge in [0.25, 0.3) is 0 Å². The van der Waals surface area contributed by atoms with Gasteiger partial charge < -0.3 is 5.73 Å². The third-order valence-electron chi connectivity index (χ3n) is 2.74. The molecular weight excluding hydrogens is 222 g/mol. The molecule has 1 nitrogen and oxygen atoms in total. The molecule has 0 saturated carbocycles. The molecule has 1 aromatic carbocycles. The van der Waals surface area contributed by atoms with E-state index in [0.29, 0.717) is 5.67 Å². The molecule has 15 heavy (non-hydrogen) atoms. The second-order valence-electron chi connectivity index (χ2n) is 4.10. The molecule has 86 valence electrons. The van der Waals surface area contributed by atoms with Crippen LogP contribution < -0.4 is 5.73 Å². The number of rotatable bonds is 5. The molecule has 0 amide bonds. The predicted molar refractivity (Wildman–Crippen MR) is 73.3 cm³/mol. The van der Waals surface area contributed by atoms with E-state index in [4.69, 9.17) is 5.73 Å². The molecule has 0 aromatic heterocycles. The molecule has 0 aliphatic heterocycles. The average molecular weight is 244 g/mol. The van der Waals surface area contributed by atoms with Crippen LogP contribution in [0.15, 0.2) is 30.3 Å². The van der Waals surface area contributed by atoms with Crippen molar-refractivity contribution in [3.63, 3.8) is 0 Å². The van der Waals surface area contributed by atoms with Crippen LogP contribution in [0, 0.1) is 0 Å². The molecule has 0 fully saturated rings. The van der Waals surface area contributed by atoms with E-state index in [1.54, 1.807) is 0 Å².